The maximum absolute atomic E-state index is 11.7. The molecule has 1 rings (SSSR count). The highest BCUT2D eigenvalue weighted by molar-refractivity contribution is 5.76. The molecule has 2 heteroatoms. The van der Waals surface area contributed by atoms with Crippen LogP contribution in [0.5, 0.6) is 0 Å². The Morgan fingerprint density at radius 2 is 1.88 bits per heavy atom. The number of hydrogen-bond donors (Lipinski definition) is 0. The summed E-state index contributed by atoms with van der Waals surface area (Å²) in [6.45, 7) is 4.07. The summed E-state index contributed by atoms with van der Waals surface area (Å²) >= 11 is 0. The third-order valence-electron chi connectivity index (χ3n) is 2.87. The second-order valence-electron chi connectivity index (χ2n) is 4.44. The molecule has 0 heterocycles. The van der Waals surface area contributed by atoms with Gasteiger partial charge < -0.3 is 4.90 Å². The van der Waals surface area contributed by atoms with Gasteiger partial charge in [-0.1, -0.05) is 30.3 Å². The van der Waals surface area contributed by atoms with Gasteiger partial charge in [0.1, 0.15) is 0 Å². The molecule has 0 aliphatic rings. The van der Waals surface area contributed by atoms with Crippen molar-refractivity contribution in [2.45, 2.75) is 39.2 Å². The fraction of sp³-hybridized carbons (Fsp3) is 0.500. The van der Waals surface area contributed by atoms with Crippen LogP contribution in [0.25, 0.3) is 0 Å². The van der Waals surface area contributed by atoms with Gasteiger partial charge in [0.15, 0.2) is 0 Å². The fourth-order valence-corrected chi connectivity index (χ4v) is 1.55. The number of carbonyl (C=O) groups is 1. The Labute approximate surface area is 98.3 Å². The van der Waals surface area contributed by atoms with E-state index in [0.717, 1.165) is 12.8 Å². The number of benzene rings is 1. The molecule has 0 saturated carbocycles. The second kappa shape index (κ2) is 6.31. The molecule has 1 aromatic rings. The van der Waals surface area contributed by atoms with Gasteiger partial charge in [-0.15, -0.1) is 0 Å². The number of nitrogens with zero attached hydrogens (tertiary/aromatic N) is 1. The molecule has 0 aliphatic heterocycles. The molecule has 0 bridgehead atoms. The molecule has 0 saturated heterocycles. The normalized spacial score (nSPS) is 10.5. The van der Waals surface area contributed by atoms with E-state index >= 15 is 0 Å². The zero-order chi connectivity index (χ0) is 12.0. The molecule has 0 aromatic heterocycles. The number of rotatable bonds is 5. The maximum Gasteiger partial charge on any atom is 0.222 e. The lowest BCUT2D eigenvalue weighted by molar-refractivity contribution is -0.131. The van der Waals surface area contributed by atoms with Crippen LogP contribution in [0.2, 0.25) is 0 Å². The number of hydrogen-bond acceptors (Lipinski definition) is 1. The molecule has 1 amide bonds. The van der Waals surface area contributed by atoms with Crippen molar-refractivity contribution < 1.29 is 4.79 Å². The van der Waals surface area contributed by atoms with E-state index in [1.807, 2.05) is 44.0 Å². The second-order valence-corrected chi connectivity index (χ2v) is 4.44. The number of carbonyl (C=O) groups excluding carboxylic acids is 1. The van der Waals surface area contributed by atoms with Crippen LogP contribution in [0.1, 0.15) is 32.3 Å². The Kier molecular flexibility index (Phi) is 5.03. The SMILES string of the molecule is CC(C)N(C)C(=O)CCCc1ccccc1. The summed E-state index contributed by atoms with van der Waals surface area (Å²) in [5.74, 6) is 0.242. The van der Waals surface area contributed by atoms with E-state index in [0.29, 0.717) is 12.5 Å². The Bertz CT molecular complexity index is 319. The molecular formula is C14H21NO. The summed E-state index contributed by atoms with van der Waals surface area (Å²) < 4.78 is 0. The summed E-state index contributed by atoms with van der Waals surface area (Å²) in [5, 5.41) is 0. The first-order valence-electron chi connectivity index (χ1n) is 5.91. The van der Waals surface area contributed by atoms with Crippen LogP contribution >= 0.6 is 0 Å². The first kappa shape index (κ1) is 12.8. The predicted molar refractivity (Wildman–Crippen MR) is 67.3 cm³/mol. The Morgan fingerprint density at radius 3 is 2.44 bits per heavy atom. The van der Waals surface area contributed by atoms with Crippen LogP contribution in [-0.2, 0) is 11.2 Å². The topological polar surface area (TPSA) is 20.3 Å². The van der Waals surface area contributed by atoms with Gasteiger partial charge in [-0.05, 0) is 32.3 Å². The van der Waals surface area contributed by atoms with Gasteiger partial charge in [-0.3, -0.25) is 4.79 Å². The summed E-state index contributed by atoms with van der Waals surface area (Å²) in [7, 11) is 1.87. The van der Waals surface area contributed by atoms with Gasteiger partial charge in [0.2, 0.25) is 5.91 Å². The Hall–Kier alpha value is -1.31. The quantitative estimate of drug-likeness (QED) is 0.745. The molecule has 0 N–H and O–H groups in total. The average Bonchev–Trinajstić information content (AvgIpc) is 2.29. The molecule has 0 aliphatic carbocycles. The molecule has 0 radical (unpaired) electrons. The highest BCUT2D eigenvalue weighted by atomic mass is 16.2. The molecule has 1 aromatic carbocycles. The number of amides is 1. The highest BCUT2D eigenvalue weighted by Gasteiger charge is 2.10. The van der Waals surface area contributed by atoms with Crippen molar-refractivity contribution >= 4 is 5.91 Å². The van der Waals surface area contributed by atoms with Gasteiger partial charge >= 0.3 is 0 Å². The van der Waals surface area contributed by atoms with E-state index in [-0.39, 0.29) is 5.91 Å². The fourth-order valence-electron chi connectivity index (χ4n) is 1.55. The first-order chi connectivity index (χ1) is 7.61. The van der Waals surface area contributed by atoms with Crippen LogP contribution < -0.4 is 0 Å². The molecular weight excluding hydrogens is 198 g/mol. The van der Waals surface area contributed by atoms with Crippen molar-refractivity contribution in [3.8, 4) is 0 Å². The smallest absolute Gasteiger partial charge is 0.222 e. The van der Waals surface area contributed by atoms with Crippen molar-refractivity contribution in [3.05, 3.63) is 35.9 Å². The van der Waals surface area contributed by atoms with Crippen LogP contribution in [0.3, 0.4) is 0 Å². The van der Waals surface area contributed by atoms with Crippen molar-refractivity contribution in [1.29, 1.82) is 0 Å². The minimum absolute atomic E-state index is 0.242. The van der Waals surface area contributed by atoms with E-state index in [4.69, 9.17) is 0 Å². The summed E-state index contributed by atoms with van der Waals surface area (Å²) in [4.78, 5) is 13.5. The van der Waals surface area contributed by atoms with Gasteiger partial charge in [-0.2, -0.15) is 0 Å². The predicted octanol–water partition coefficient (Wildman–Crippen LogP) is 2.88. The molecule has 0 spiro atoms. The number of aryl methyl sites for hydroxylation is 1. The van der Waals surface area contributed by atoms with Crippen molar-refractivity contribution in [1.82, 2.24) is 4.90 Å². The monoisotopic (exact) mass is 219 g/mol. The minimum atomic E-state index is 0.242. The van der Waals surface area contributed by atoms with Crippen molar-refractivity contribution in [2.24, 2.45) is 0 Å². The van der Waals surface area contributed by atoms with Crippen molar-refractivity contribution in [3.63, 3.8) is 0 Å². The summed E-state index contributed by atoms with van der Waals surface area (Å²) in [6.07, 6.45) is 2.56. The third kappa shape index (κ3) is 4.05. The standard InChI is InChI=1S/C14H21NO/c1-12(2)15(3)14(16)11-7-10-13-8-5-4-6-9-13/h4-6,8-9,12H,7,10-11H2,1-3H3. The van der Waals surface area contributed by atoms with Crippen LogP contribution in [0.15, 0.2) is 30.3 Å². The molecule has 0 unspecified atom stereocenters. The largest absolute Gasteiger partial charge is 0.343 e. The Morgan fingerprint density at radius 1 is 1.25 bits per heavy atom. The van der Waals surface area contributed by atoms with Crippen LogP contribution in [-0.4, -0.2) is 23.9 Å². The summed E-state index contributed by atoms with van der Waals surface area (Å²) in [5.41, 5.74) is 1.31. The van der Waals surface area contributed by atoms with E-state index in [1.165, 1.54) is 5.56 Å². The summed E-state index contributed by atoms with van der Waals surface area (Å²) in [6, 6.07) is 10.6. The molecule has 16 heavy (non-hydrogen) atoms. The van der Waals surface area contributed by atoms with E-state index < -0.39 is 0 Å². The lowest BCUT2D eigenvalue weighted by Gasteiger charge is -2.21. The van der Waals surface area contributed by atoms with Gasteiger partial charge in [0.05, 0.1) is 0 Å². The zero-order valence-electron chi connectivity index (χ0n) is 10.4. The van der Waals surface area contributed by atoms with E-state index in [9.17, 15) is 4.79 Å². The highest BCUT2D eigenvalue weighted by Crippen LogP contribution is 2.06. The molecule has 0 atom stereocenters. The van der Waals surface area contributed by atoms with E-state index in [1.54, 1.807) is 0 Å². The van der Waals surface area contributed by atoms with Gasteiger partial charge in [-0.25, -0.2) is 0 Å². The Balaban J connectivity index is 2.28. The van der Waals surface area contributed by atoms with Crippen LogP contribution in [0.4, 0.5) is 0 Å². The van der Waals surface area contributed by atoms with Crippen LogP contribution in [0, 0.1) is 0 Å². The van der Waals surface area contributed by atoms with Gasteiger partial charge in [0.25, 0.3) is 0 Å². The first-order valence-corrected chi connectivity index (χ1v) is 5.91. The van der Waals surface area contributed by atoms with Gasteiger partial charge in [0, 0.05) is 19.5 Å². The zero-order valence-corrected chi connectivity index (χ0v) is 10.4. The molecule has 2 nitrogen and oxygen atoms in total. The lowest BCUT2D eigenvalue weighted by atomic mass is 10.1. The van der Waals surface area contributed by atoms with E-state index in [2.05, 4.69) is 12.1 Å². The molecule has 88 valence electrons. The molecule has 0 fully saturated rings. The minimum Gasteiger partial charge on any atom is -0.343 e. The lowest BCUT2D eigenvalue weighted by Crippen LogP contribution is -2.32. The maximum atomic E-state index is 11.7. The third-order valence-corrected chi connectivity index (χ3v) is 2.87. The average molecular weight is 219 g/mol. The van der Waals surface area contributed by atoms with Crippen molar-refractivity contribution in [2.75, 3.05) is 7.05 Å².